The molecule has 0 unspecified atom stereocenters. The lowest BCUT2D eigenvalue weighted by Gasteiger charge is -2.12. The monoisotopic (exact) mass is 270 g/mol. The van der Waals surface area contributed by atoms with Crippen LogP contribution < -0.4 is 10.6 Å². The minimum atomic E-state index is -1.31. The minimum absolute atomic E-state index is 0.251. The molecule has 1 rings (SSSR count). The second-order valence-corrected chi connectivity index (χ2v) is 4.03. The van der Waals surface area contributed by atoms with Crippen LogP contribution in [0.25, 0.3) is 0 Å². The van der Waals surface area contributed by atoms with Crippen LogP contribution in [0.3, 0.4) is 0 Å². The van der Waals surface area contributed by atoms with Crippen molar-refractivity contribution in [2.24, 2.45) is 7.05 Å². The Hall–Kier alpha value is -2.09. The SMILES string of the molecule is CCc1nn(C)cc1CNC(=O)N[C@@H](CO)C(=O)O. The number of urea groups is 1. The molecule has 1 aromatic heterocycles. The molecule has 19 heavy (non-hydrogen) atoms. The van der Waals surface area contributed by atoms with Gasteiger partial charge in [0.25, 0.3) is 0 Å². The Morgan fingerprint density at radius 1 is 1.53 bits per heavy atom. The zero-order chi connectivity index (χ0) is 14.4. The van der Waals surface area contributed by atoms with Gasteiger partial charge in [-0.3, -0.25) is 4.68 Å². The third-order valence-electron chi connectivity index (χ3n) is 2.55. The van der Waals surface area contributed by atoms with Gasteiger partial charge in [0.05, 0.1) is 12.3 Å². The summed E-state index contributed by atoms with van der Waals surface area (Å²) in [5, 5.41) is 26.4. The highest BCUT2D eigenvalue weighted by molar-refractivity contribution is 5.82. The van der Waals surface area contributed by atoms with Gasteiger partial charge < -0.3 is 20.8 Å². The minimum Gasteiger partial charge on any atom is -0.480 e. The molecular formula is C11H18N4O4. The Bertz CT molecular complexity index is 458. The van der Waals surface area contributed by atoms with Crippen molar-refractivity contribution in [2.45, 2.75) is 25.9 Å². The van der Waals surface area contributed by atoms with Crippen LogP contribution in [0.5, 0.6) is 0 Å². The van der Waals surface area contributed by atoms with Gasteiger partial charge >= 0.3 is 12.0 Å². The molecule has 0 radical (unpaired) electrons. The maximum Gasteiger partial charge on any atom is 0.328 e. The molecule has 0 aliphatic rings. The van der Waals surface area contributed by atoms with E-state index < -0.39 is 24.6 Å². The van der Waals surface area contributed by atoms with Crippen molar-refractivity contribution in [3.8, 4) is 0 Å². The first-order valence-corrected chi connectivity index (χ1v) is 5.87. The Morgan fingerprint density at radius 3 is 2.74 bits per heavy atom. The number of carboxylic acid groups (broad SMARTS) is 1. The molecule has 0 fully saturated rings. The normalized spacial score (nSPS) is 11.9. The van der Waals surface area contributed by atoms with Crippen LogP contribution in [-0.2, 0) is 24.8 Å². The summed E-state index contributed by atoms with van der Waals surface area (Å²) < 4.78 is 1.65. The molecule has 1 atom stereocenters. The van der Waals surface area contributed by atoms with Gasteiger partial charge in [-0.05, 0) is 6.42 Å². The van der Waals surface area contributed by atoms with Crippen molar-refractivity contribution in [1.82, 2.24) is 20.4 Å². The van der Waals surface area contributed by atoms with Crippen LogP contribution in [0.4, 0.5) is 4.79 Å². The number of carbonyl (C=O) groups excluding carboxylic acids is 1. The van der Waals surface area contributed by atoms with Crippen LogP contribution in [0.2, 0.25) is 0 Å². The highest BCUT2D eigenvalue weighted by atomic mass is 16.4. The maximum absolute atomic E-state index is 11.5. The zero-order valence-corrected chi connectivity index (χ0v) is 10.9. The summed E-state index contributed by atoms with van der Waals surface area (Å²) in [5.74, 6) is -1.28. The molecule has 0 spiro atoms. The molecule has 8 nitrogen and oxygen atoms in total. The van der Waals surface area contributed by atoms with Crippen LogP contribution in [0, 0.1) is 0 Å². The summed E-state index contributed by atoms with van der Waals surface area (Å²) in [4.78, 5) is 22.1. The highest BCUT2D eigenvalue weighted by Gasteiger charge is 2.18. The number of nitrogens with zero attached hydrogens (tertiary/aromatic N) is 2. The number of hydrogen-bond donors (Lipinski definition) is 4. The van der Waals surface area contributed by atoms with Crippen LogP contribution in [0.15, 0.2) is 6.20 Å². The first-order chi connectivity index (χ1) is 8.97. The summed E-state index contributed by atoms with van der Waals surface area (Å²) in [7, 11) is 1.79. The average Bonchev–Trinajstić information content (AvgIpc) is 2.73. The molecule has 4 N–H and O–H groups in total. The molecule has 0 aliphatic carbocycles. The molecule has 0 saturated carbocycles. The molecule has 2 amide bonds. The van der Waals surface area contributed by atoms with E-state index in [1.165, 1.54) is 0 Å². The number of carbonyl (C=O) groups is 2. The lowest BCUT2D eigenvalue weighted by atomic mass is 10.2. The number of hydrogen-bond acceptors (Lipinski definition) is 4. The largest absolute Gasteiger partial charge is 0.480 e. The maximum atomic E-state index is 11.5. The van der Waals surface area contributed by atoms with Crippen LogP contribution >= 0.6 is 0 Å². The van der Waals surface area contributed by atoms with E-state index >= 15 is 0 Å². The number of aliphatic hydroxyl groups is 1. The molecule has 0 aromatic carbocycles. The van der Waals surface area contributed by atoms with Crippen LogP contribution in [0.1, 0.15) is 18.2 Å². The lowest BCUT2D eigenvalue weighted by Crippen LogP contribution is -2.47. The van der Waals surface area contributed by atoms with Gasteiger partial charge in [-0.25, -0.2) is 9.59 Å². The van der Waals surface area contributed by atoms with Gasteiger partial charge in [-0.2, -0.15) is 5.10 Å². The van der Waals surface area contributed by atoms with Gasteiger partial charge in [0.15, 0.2) is 6.04 Å². The van der Waals surface area contributed by atoms with Crippen LogP contribution in [-0.4, -0.2) is 44.6 Å². The molecule has 106 valence electrons. The van der Waals surface area contributed by atoms with Gasteiger partial charge in [-0.1, -0.05) is 6.92 Å². The number of amides is 2. The molecule has 8 heteroatoms. The predicted octanol–water partition coefficient (Wildman–Crippen LogP) is -0.773. The summed E-state index contributed by atoms with van der Waals surface area (Å²) in [5.41, 5.74) is 1.75. The van der Waals surface area contributed by atoms with E-state index in [9.17, 15) is 9.59 Å². The van der Waals surface area contributed by atoms with E-state index in [-0.39, 0.29) is 6.54 Å². The number of aromatic nitrogens is 2. The Labute approximate surface area is 110 Å². The van der Waals surface area contributed by atoms with Crippen molar-refractivity contribution in [3.05, 3.63) is 17.5 Å². The molecule has 0 aliphatic heterocycles. The standard InChI is InChI=1S/C11H18N4O4/c1-3-8-7(5-15(2)14-8)4-12-11(19)13-9(6-16)10(17)18/h5,9,16H,3-4,6H2,1-2H3,(H,17,18)(H2,12,13,19)/t9-/m0/s1. The fourth-order valence-electron chi connectivity index (χ4n) is 1.60. The van der Waals surface area contributed by atoms with E-state index in [2.05, 4.69) is 15.7 Å². The lowest BCUT2D eigenvalue weighted by molar-refractivity contribution is -0.140. The fourth-order valence-corrected chi connectivity index (χ4v) is 1.60. The van der Waals surface area contributed by atoms with Crippen molar-refractivity contribution >= 4 is 12.0 Å². The summed E-state index contributed by atoms with van der Waals surface area (Å²) >= 11 is 0. The topological polar surface area (TPSA) is 116 Å². The molecular weight excluding hydrogens is 252 g/mol. The Balaban J connectivity index is 2.52. The second kappa shape index (κ2) is 6.74. The number of nitrogens with one attached hydrogen (secondary N) is 2. The van der Waals surface area contributed by atoms with E-state index in [0.29, 0.717) is 0 Å². The number of aliphatic hydroxyl groups excluding tert-OH is 1. The summed E-state index contributed by atoms with van der Waals surface area (Å²) in [6.07, 6.45) is 2.54. The number of carboxylic acids is 1. The first kappa shape index (κ1) is 15.0. The first-order valence-electron chi connectivity index (χ1n) is 5.87. The zero-order valence-electron chi connectivity index (χ0n) is 10.9. The third-order valence-corrected chi connectivity index (χ3v) is 2.55. The Morgan fingerprint density at radius 2 is 2.21 bits per heavy atom. The van der Waals surface area contributed by atoms with E-state index in [1.54, 1.807) is 17.9 Å². The fraction of sp³-hybridized carbons (Fsp3) is 0.545. The number of rotatable bonds is 6. The van der Waals surface area contributed by atoms with Crippen molar-refractivity contribution in [2.75, 3.05) is 6.61 Å². The van der Waals surface area contributed by atoms with Gasteiger partial charge in [0.1, 0.15) is 0 Å². The third kappa shape index (κ3) is 4.25. The molecule has 0 bridgehead atoms. The molecule has 1 aromatic rings. The van der Waals surface area contributed by atoms with Crippen molar-refractivity contribution in [3.63, 3.8) is 0 Å². The summed E-state index contributed by atoms with van der Waals surface area (Å²) in [6.45, 7) is 1.55. The molecule has 1 heterocycles. The quantitative estimate of drug-likeness (QED) is 0.541. The summed E-state index contributed by atoms with van der Waals surface area (Å²) in [6, 6.07) is -1.95. The van der Waals surface area contributed by atoms with Gasteiger partial charge in [0, 0.05) is 25.4 Å². The average molecular weight is 270 g/mol. The smallest absolute Gasteiger partial charge is 0.328 e. The van der Waals surface area contributed by atoms with Gasteiger partial charge in [-0.15, -0.1) is 0 Å². The highest BCUT2D eigenvalue weighted by Crippen LogP contribution is 2.06. The molecule has 0 saturated heterocycles. The van der Waals surface area contributed by atoms with Crippen molar-refractivity contribution < 1.29 is 19.8 Å². The second-order valence-electron chi connectivity index (χ2n) is 4.03. The predicted molar refractivity (Wildman–Crippen MR) is 66.5 cm³/mol. The van der Waals surface area contributed by atoms with Crippen molar-refractivity contribution in [1.29, 1.82) is 0 Å². The number of aliphatic carboxylic acids is 1. The Kier molecular flexibility index (Phi) is 5.31. The van der Waals surface area contributed by atoms with Gasteiger partial charge in [0.2, 0.25) is 0 Å². The van der Waals surface area contributed by atoms with E-state index in [0.717, 1.165) is 17.7 Å². The van der Waals surface area contributed by atoms with E-state index in [4.69, 9.17) is 10.2 Å². The number of aryl methyl sites for hydroxylation is 2. The van der Waals surface area contributed by atoms with E-state index in [1.807, 2.05) is 6.92 Å².